The van der Waals surface area contributed by atoms with Crippen LogP contribution in [0.25, 0.3) is 22.2 Å². The largest absolute Gasteiger partial charge is 0.460 e. The highest BCUT2D eigenvalue weighted by Gasteiger charge is 2.31. The zero-order valence-corrected chi connectivity index (χ0v) is 23.5. The first kappa shape index (κ1) is 27.7. The highest BCUT2D eigenvalue weighted by atomic mass is 32.2. The molecule has 2 heterocycles. The number of hydrogen-bond donors (Lipinski definition) is 0. The van der Waals surface area contributed by atoms with Crippen LogP contribution in [0.15, 0.2) is 83.8 Å². The van der Waals surface area contributed by atoms with Crippen LogP contribution < -0.4 is 0 Å². The second-order valence-corrected chi connectivity index (χ2v) is 11.6. The second-order valence-electron chi connectivity index (χ2n) is 9.80. The Bertz CT molecular complexity index is 1680. The van der Waals surface area contributed by atoms with E-state index in [1.807, 2.05) is 62.4 Å². The Morgan fingerprint density at radius 2 is 1.70 bits per heavy atom. The molecule has 7 nitrogen and oxygen atoms in total. The fourth-order valence-electron chi connectivity index (χ4n) is 4.94. The second kappa shape index (κ2) is 11.7. The average molecular weight is 558 g/mol. The van der Waals surface area contributed by atoms with E-state index in [0.29, 0.717) is 29.6 Å². The van der Waals surface area contributed by atoms with Gasteiger partial charge in [-0.1, -0.05) is 78.1 Å². The Morgan fingerprint density at radius 1 is 1.00 bits per heavy atom. The molecule has 1 aliphatic heterocycles. The highest BCUT2D eigenvalue weighted by Crippen LogP contribution is 2.36. The number of aromatic nitrogens is 1. The van der Waals surface area contributed by atoms with E-state index in [-0.39, 0.29) is 29.7 Å². The predicted molar refractivity (Wildman–Crippen MR) is 153 cm³/mol. The van der Waals surface area contributed by atoms with Crippen molar-refractivity contribution in [3.8, 4) is 23.1 Å². The van der Waals surface area contributed by atoms with Crippen molar-refractivity contribution in [1.29, 1.82) is 0 Å². The number of aryl methyl sites for hydroxylation is 1. The number of hydrogen-bond acceptors (Lipinski definition) is 6. The van der Waals surface area contributed by atoms with Crippen molar-refractivity contribution in [3.63, 3.8) is 0 Å². The van der Waals surface area contributed by atoms with E-state index in [4.69, 9.17) is 14.2 Å². The third-order valence-corrected chi connectivity index (χ3v) is 8.62. The van der Waals surface area contributed by atoms with Gasteiger partial charge in [0, 0.05) is 24.3 Å². The number of carbonyl (C=O) groups is 1. The van der Waals surface area contributed by atoms with E-state index >= 15 is 0 Å². The fraction of sp³-hybridized carbons (Fsp3) is 0.281. The first-order valence-corrected chi connectivity index (χ1v) is 14.6. The number of benzene rings is 3. The number of nitrogens with zero attached hydrogens (tertiary/aromatic N) is 1. The Morgan fingerprint density at radius 3 is 2.40 bits per heavy atom. The van der Waals surface area contributed by atoms with Gasteiger partial charge in [0.1, 0.15) is 12.7 Å². The lowest BCUT2D eigenvalue weighted by Crippen LogP contribution is -2.40. The molecule has 8 heteroatoms. The molecule has 1 aromatic heterocycles. The van der Waals surface area contributed by atoms with Crippen LogP contribution in [-0.2, 0) is 29.0 Å². The zero-order valence-electron chi connectivity index (χ0n) is 22.7. The van der Waals surface area contributed by atoms with Gasteiger partial charge in [-0.3, -0.25) is 4.79 Å². The van der Waals surface area contributed by atoms with Gasteiger partial charge in [-0.2, -0.15) is 0 Å². The van der Waals surface area contributed by atoms with Crippen molar-refractivity contribution in [2.75, 3.05) is 6.61 Å². The van der Waals surface area contributed by atoms with Crippen LogP contribution in [-0.4, -0.2) is 43.5 Å². The van der Waals surface area contributed by atoms with Gasteiger partial charge in [0.25, 0.3) is 10.0 Å². The number of para-hydroxylation sites is 1. The summed E-state index contributed by atoms with van der Waals surface area (Å²) < 4.78 is 46.6. The number of ether oxygens (including phenoxy) is 3. The first-order valence-electron chi connectivity index (χ1n) is 13.2. The van der Waals surface area contributed by atoms with Gasteiger partial charge < -0.3 is 14.2 Å². The molecule has 1 fully saturated rings. The number of rotatable bonds is 6. The molecule has 1 aliphatic rings. The third kappa shape index (κ3) is 5.68. The van der Waals surface area contributed by atoms with E-state index in [2.05, 4.69) is 11.8 Å². The van der Waals surface area contributed by atoms with Crippen LogP contribution in [0.2, 0.25) is 0 Å². The lowest BCUT2D eigenvalue weighted by Gasteiger charge is -2.33. The van der Waals surface area contributed by atoms with Gasteiger partial charge >= 0.3 is 5.97 Å². The molecule has 5 rings (SSSR count). The fourth-order valence-corrected chi connectivity index (χ4v) is 6.49. The topological polar surface area (TPSA) is 83.8 Å². The Balaban J connectivity index is 1.51. The van der Waals surface area contributed by atoms with Crippen molar-refractivity contribution in [2.45, 2.75) is 57.0 Å². The normalized spacial score (nSPS) is 19.1. The van der Waals surface area contributed by atoms with E-state index in [9.17, 15) is 13.2 Å². The summed E-state index contributed by atoms with van der Waals surface area (Å²) >= 11 is 0. The van der Waals surface area contributed by atoms with Crippen molar-refractivity contribution >= 4 is 26.9 Å². The summed E-state index contributed by atoms with van der Waals surface area (Å²) in [6.45, 7) is 5.25. The molecule has 0 spiro atoms. The minimum atomic E-state index is -3.95. The maximum atomic E-state index is 14.1. The van der Waals surface area contributed by atoms with Crippen molar-refractivity contribution in [1.82, 2.24) is 3.97 Å². The van der Waals surface area contributed by atoms with Crippen molar-refractivity contribution in [3.05, 3.63) is 90.0 Å². The number of carbonyl (C=O) groups excluding carboxylic acids is 1. The maximum absolute atomic E-state index is 14.1. The molecule has 3 aromatic carbocycles. The molecule has 0 unspecified atom stereocenters. The Kier molecular flexibility index (Phi) is 8.08. The standard InChI is InChI=1S/C32H31NO6S/c1-22-15-17-26(18-16-22)40(35,36)33-29-14-8-7-12-27(29)28(32(33)25-10-5-4-6-11-25)13-9-21-37-31-20-19-30(23(2)38-31)39-24(3)34/h4-8,10-12,14-18,23,30-31H,19-21H2,1-3H3/t23-,30+,31+/m0/s1. The lowest BCUT2D eigenvalue weighted by molar-refractivity contribution is -0.220. The first-order chi connectivity index (χ1) is 19.3. The molecule has 1 saturated heterocycles. The van der Waals surface area contributed by atoms with Gasteiger partial charge in [-0.15, -0.1) is 0 Å². The van der Waals surface area contributed by atoms with E-state index in [1.54, 1.807) is 30.3 Å². The summed E-state index contributed by atoms with van der Waals surface area (Å²) in [6.07, 6.45) is 0.172. The summed E-state index contributed by atoms with van der Waals surface area (Å²) in [6, 6.07) is 23.6. The molecule has 206 valence electrons. The van der Waals surface area contributed by atoms with Gasteiger partial charge in [-0.25, -0.2) is 12.4 Å². The molecule has 0 amide bonds. The van der Waals surface area contributed by atoms with Gasteiger partial charge in [0.2, 0.25) is 0 Å². The van der Waals surface area contributed by atoms with Crippen molar-refractivity contribution in [2.24, 2.45) is 0 Å². The van der Waals surface area contributed by atoms with Gasteiger partial charge in [0.15, 0.2) is 6.29 Å². The monoisotopic (exact) mass is 557 g/mol. The molecule has 0 N–H and O–H groups in total. The van der Waals surface area contributed by atoms with Crippen LogP contribution in [0.3, 0.4) is 0 Å². The average Bonchev–Trinajstić information content (AvgIpc) is 3.28. The Hall–Kier alpha value is -3.90. The van der Waals surface area contributed by atoms with Crippen molar-refractivity contribution < 1.29 is 27.4 Å². The predicted octanol–water partition coefficient (Wildman–Crippen LogP) is 5.68. The molecular weight excluding hydrogens is 526 g/mol. The van der Waals surface area contributed by atoms with Gasteiger partial charge in [0.05, 0.1) is 27.8 Å². The summed E-state index contributed by atoms with van der Waals surface area (Å²) in [5, 5.41) is 0.733. The molecular formula is C32H31NO6S. The minimum Gasteiger partial charge on any atom is -0.460 e. The molecule has 0 bridgehead atoms. The van der Waals surface area contributed by atoms with E-state index in [0.717, 1.165) is 16.5 Å². The van der Waals surface area contributed by atoms with E-state index < -0.39 is 16.3 Å². The zero-order chi connectivity index (χ0) is 28.3. The molecule has 0 radical (unpaired) electrons. The molecule has 0 aliphatic carbocycles. The van der Waals surface area contributed by atoms with Crippen LogP contribution in [0, 0.1) is 18.8 Å². The Labute approximate surface area is 234 Å². The van der Waals surface area contributed by atoms with Crippen LogP contribution in [0.4, 0.5) is 0 Å². The third-order valence-electron chi connectivity index (χ3n) is 6.89. The molecule has 3 atom stereocenters. The highest BCUT2D eigenvalue weighted by molar-refractivity contribution is 7.90. The summed E-state index contributed by atoms with van der Waals surface area (Å²) in [5.41, 5.74) is 3.37. The van der Waals surface area contributed by atoms with E-state index in [1.165, 1.54) is 10.9 Å². The maximum Gasteiger partial charge on any atom is 0.302 e. The molecule has 40 heavy (non-hydrogen) atoms. The van der Waals surface area contributed by atoms with Gasteiger partial charge in [-0.05, 0) is 38.5 Å². The number of esters is 1. The number of fused-ring (bicyclic) bond motifs is 1. The quantitative estimate of drug-likeness (QED) is 0.224. The summed E-state index contributed by atoms with van der Waals surface area (Å²) in [5.74, 6) is 5.95. The summed E-state index contributed by atoms with van der Waals surface area (Å²) in [4.78, 5) is 11.5. The van der Waals surface area contributed by atoms with Crippen LogP contribution in [0.5, 0.6) is 0 Å². The summed E-state index contributed by atoms with van der Waals surface area (Å²) in [7, 11) is -3.95. The minimum absolute atomic E-state index is 0.0913. The lowest BCUT2D eigenvalue weighted by atomic mass is 10.1. The molecule has 0 saturated carbocycles. The SMILES string of the molecule is CC(=O)O[C@@H]1CC[C@H](OCC#Cc2c(-c3ccccc3)n(S(=O)(=O)c3ccc(C)cc3)c3ccccc23)O[C@H]1C. The molecule has 4 aromatic rings. The smallest absolute Gasteiger partial charge is 0.302 e. The van der Waals surface area contributed by atoms with Crippen LogP contribution in [0.1, 0.15) is 37.8 Å². The van der Waals surface area contributed by atoms with Crippen LogP contribution >= 0.6 is 0 Å².